The standard InChI is InChI=1S/C17H21N5O2/c23-15-8-12(10-22(15)14-4-1-2-5-14)16(24)19-9-13-11-21-7-3-6-18-17(21)20-13/h3,6-7,11-12,14H,1-2,4-5,8-10H2,(H,19,24)/t12-/m1/s1. The van der Waals surface area contributed by atoms with E-state index in [1.165, 1.54) is 12.8 Å². The molecule has 126 valence electrons. The monoisotopic (exact) mass is 327 g/mol. The molecule has 24 heavy (non-hydrogen) atoms. The SMILES string of the molecule is O=C(NCc1cn2cccnc2n1)[C@@H]1CC(=O)N(C2CCCC2)C1. The second-order valence-corrected chi connectivity index (χ2v) is 6.66. The molecule has 0 bridgehead atoms. The van der Waals surface area contributed by atoms with Crippen LogP contribution in [0.2, 0.25) is 0 Å². The van der Waals surface area contributed by atoms with E-state index < -0.39 is 0 Å². The molecule has 1 atom stereocenters. The van der Waals surface area contributed by atoms with E-state index in [4.69, 9.17) is 0 Å². The van der Waals surface area contributed by atoms with Gasteiger partial charge in [-0.1, -0.05) is 12.8 Å². The van der Waals surface area contributed by atoms with Crippen molar-refractivity contribution in [1.29, 1.82) is 0 Å². The number of rotatable bonds is 4. The molecule has 4 rings (SSSR count). The van der Waals surface area contributed by atoms with Gasteiger partial charge < -0.3 is 10.2 Å². The van der Waals surface area contributed by atoms with Crippen molar-refractivity contribution in [3.8, 4) is 0 Å². The van der Waals surface area contributed by atoms with Gasteiger partial charge in [-0.05, 0) is 18.9 Å². The first-order chi connectivity index (χ1) is 11.7. The average molecular weight is 327 g/mol. The van der Waals surface area contributed by atoms with Crippen LogP contribution in [0.1, 0.15) is 37.8 Å². The molecular formula is C17H21N5O2. The van der Waals surface area contributed by atoms with Crippen molar-refractivity contribution in [2.45, 2.75) is 44.7 Å². The quantitative estimate of drug-likeness (QED) is 0.913. The van der Waals surface area contributed by atoms with Crippen molar-refractivity contribution >= 4 is 17.6 Å². The van der Waals surface area contributed by atoms with Crippen LogP contribution < -0.4 is 5.32 Å². The second kappa shape index (κ2) is 6.22. The van der Waals surface area contributed by atoms with Gasteiger partial charge in [0.2, 0.25) is 17.6 Å². The summed E-state index contributed by atoms with van der Waals surface area (Å²) in [6.07, 6.45) is 10.3. The lowest BCUT2D eigenvalue weighted by molar-refractivity contribution is -0.130. The van der Waals surface area contributed by atoms with Gasteiger partial charge in [-0.3, -0.25) is 14.0 Å². The molecule has 0 radical (unpaired) electrons. The number of carbonyl (C=O) groups excluding carboxylic acids is 2. The summed E-state index contributed by atoms with van der Waals surface area (Å²) >= 11 is 0. The van der Waals surface area contributed by atoms with Crippen LogP contribution in [0.25, 0.3) is 5.78 Å². The van der Waals surface area contributed by atoms with Crippen LogP contribution in [-0.2, 0) is 16.1 Å². The number of fused-ring (bicyclic) bond motifs is 1. The predicted octanol–water partition coefficient (Wildman–Crippen LogP) is 1.14. The fourth-order valence-corrected chi connectivity index (χ4v) is 3.76. The van der Waals surface area contributed by atoms with Gasteiger partial charge in [0.05, 0.1) is 18.2 Å². The molecular weight excluding hydrogens is 306 g/mol. The molecule has 2 aromatic heterocycles. The van der Waals surface area contributed by atoms with E-state index in [-0.39, 0.29) is 17.7 Å². The molecule has 7 nitrogen and oxygen atoms in total. The lowest BCUT2D eigenvalue weighted by atomic mass is 10.1. The maximum atomic E-state index is 12.4. The van der Waals surface area contributed by atoms with Gasteiger partial charge >= 0.3 is 0 Å². The highest BCUT2D eigenvalue weighted by molar-refractivity contribution is 5.89. The minimum atomic E-state index is -0.242. The zero-order valence-corrected chi connectivity index (χ0v) is 13.5. The molecule has 0 unspecified atom stereocenters. The molecule has 2 amide bonds. The number of hydrogen-bond donors (Lipinski definition) is 1. The number of nitrogens with one attached hydrogen (secondary N) is 1. The minimum absolute atomic E-state index is 0.0612. The van der Waals surface area contributed by atoms with Crippen LogP contribution in [-0.4, -0.2) is 43.7 Å². The number of amides is 2. The number of likely N-dealkylation sites (tertiary alicyclic amines) is 1. The van der Waals surface area contributed by atoms with Crippen LogP contribution >= 0.6 is 0 Å². The molecule has 0 spiro atoms. The minimum Gasteiger partial charge on any atom is -0.350 e. The van der Waals surface area contributed by atoms with Gasteiger partial charge in [-0.2, -0.15) is 0 Å². The molecule has 2 aliphatic rings. The van der Waals surface area contributed by atoms with Crippen molar-refractivity contribution in [3.63, 3.8) is 0 Å². The van der Waals surface area contributed by atoms with E-state index in [2.05, 4.69) is 15.3 Å². The van der Waals surface area contributed by atoms with Crippen LogP contribution in [0.5, 0.6) is 0 Å². The van der Waals surface area contributed by atoms with E-state index in [0.717, 1.165) is 18.5 Å². The van der Waals surface area contributed by atoms with Crippen LogP contribution in [0.4, 0.5) is 0 Å². The van der Waals surface area contributed by atoms with Gasteiger partial charge in [-0.25, -0.2) is 9.97 Å². The zero-order valence-electron chi connectivity index (χ0n) is 13.5. The van der Waals surface area contributed by atoms with E-state index in [9.17, 15) is 9.59 Å². The van der Waals surface area contributed by atoms with Gasteiger partial charge in [0.25, 0.3) is 0 Å². The Labute approximate surface area is 140 Å². The summed E-state index contributed by atoms with van der Waals surface area (Å²) in [4.78, 5) is 35.0. The Bertz CT molecular complexity index is 732. The molecule has 1 N–H and O–H groups in total. The number of hydrogen-bond acceptors (Lipinski definition) is 4. The van der Waals surface area contributed by atoms with Crippen molar-refractivity contribution in [3.05, 3.63) is 30.4 Å². The summed E-state index contributed by atoms with van der Waals surface area (Å²) in [7, 11) is 0. The summed E-state index contributed by atoms with van der Waals surface area (Å²) in [6, 6.07) is 2.18. The Morgan fingerprint density at radius 3 is 2.96 bits per heavy atom. The lowest BCUT2D eigenvalue weighted by Gasteiger charge is -2.23. The molecule has 2 aromatic rings. The van der Waals surface area contributed by atoms with E-state index in [0.29, 0.717) is 31.3 Å². The first-order valence-corrected chi connectivity index (χ1v) is 8.56. The first-order valence-electron chi connectivity index (χ1n) is 8.56. The smallest absolute Gasteiger partial charge is 0.233 e. The Kier molecular flexibility index (Phi) is 3.92. The van der Waals surface area contributed by atoms with Crippen molar-refractivity contribution in [2.24, 2.45) is 5.92 Å². The second-order valence-electron chi connectivity index (χ2n) is 6.66. The molecule has 1 saturated carbocycles. The number of nitrogens with zero attached hydrogens (tertiary/aromatic N) is 4. The van der Waals surface area contributed by atoms with Gasteiger partial charge in [0, 0.05) is 37.6 Å². The van der Waals surface area contributed by atoms with E-state index in [1.54, 1.807) is 6.20 Å². The Hall–Kier alpha value is -2.44. The normalized spacial score (nSPS) is 21.8. The van der Waals surface area contributed by atoms with Gasteiger partial charge in [0.15, 0.2) is 0 Å². The third kappa shape index (κ3) is 2.86. The van der Waals surface area contributed by atoms with Crippen molar-refractivity contribution in [1.82, 2.24) is 24.6 Å². The molecule has 3 heterocycles. The Balaban J connectivity index is 1.35. The number of carbonyl (C=O) groups is 2. The first kappa shape index (κ1) is 15.1. The Morgan fingerprint density at radius 1 is 1.33 bits per heavy atom. The highest BCUT2D eigenvalue weighted by atomic mass is 16.2. The number of imidazole rings is 1. The van der Waals surface area contributed by atoms with Crippen molar-refractivity contribution in [2.75, 3.05) is 6.54 Å². The molecule has 1 aliphatic heterocycles. The molecule has 1 saturated heterocycles. The summed E-state index contributed by atoms with van der Waals surface area (Å²) in [6.45, 7) is 0.915. The third-order valence-corrected chi connectivity index (χ3v) is 5.02. The topological polar surface area (TPSA) is 79.6 Å². The van der Waals surface area contributed by atoms with Gasteiger partial charge in [0.1, 0.15) is 0 Å². The molecule has 0 aromatic carbocycles. The van der Waals surface area contributed by atoms with Crippen LogP contribution in [0, 0.1) is 5.92 Å². The Morgan fingerprint density at radius 2 is 2.17 bits per heavy atom. The third-order valence-electron chi connectivity index (χ3n) is 5.02. The average Bonchev–Trinajstić information content (AvgIpc) is 3.30. The summed E-state index contributed by atoms with van der Waals surface area (Å²) in [5.41, 5.74) is 0.763. The summed E-state index contributed by atoms with van der Waals surface area (Å²) in [5, 5.41) is 2.91. The van der Waals surface area contributed by atoms with Crippen molar-refractivity contribution < 1.29 is 9.59 Å². The van der Waals surface area contributed by atoms with E-state index >= 15 is 0 Å². The largest absolute Gasteiger partial charge is 0.350 e. The maximum Gasteiger partial charge on any atom is 0.233 e. The van der Waals surface area contributed by atoms with Crippen LogP contribution in [0.15, 0.2) is 24.7 Å². The molecule has 1 aliphatic carbocycles. The fourth-order valence-electron chi connectivity index (χ4n) is 3.76. The lowest BCUT2D eigenvalue weighted by Crippen LogP contribution is -2.36. The number of aromatic nitrogens is 3. The van der Waals surface area contributed by atoms with E-state index in [1.807, 2.05) is 27.8 Å². The summed E-state index contributed by atoms with van der Waals surface area (Å²) < 4.78 is 1.82. The van der Waals surface area contributed by atoms with Crippen LogP contribution in [0.3, 0.4) is 0 Å². The summed E-state index contributed by atoms with van der Waals surface area (Å²) in [5.74, 6) is 0.436. The fraction of sp³-hybridized carbons (Fsp3) is 0.529. The maximum absolute atomic E-state index is 12.4. The van der Waals surface area contributed by atoms with Gasteiger partial charge in [-0.15, -0.1) is 0 Å². The highest BCUT2D eigenvalue weighted by Gasteiger charge is 2.38. The zero-order chi connectivity index (χ0) is 16.5. The molecule has 2 fully saturated rings. The molecule has 7 heteroatoms. The highest BCUT2D eigenvalue weighted by Crippen LogP contribution is 2.29. The predicted molar refractivity (Wildman–Crippen MR) is 86.9 cm³/mol.